The summed E-state index contributed by atoms with van der Waals surface area (Å²) in [5.41, 5.74) is 5.31. The lowest BCUT2D eigenvalue weighted by molar-refractivity contribution is 0.131. The summed E-state index contributed by atoms with van der Waals surface area (Å²) in [4.78, 5) is 0. The molecule has 6 heteroatoms. The van der Waals surface area contributed by atoms with Crippen molar-refractivity contribution in [3.8, 4) is 5.75 Å². The molecule has 3 nitrogen and oxygen atoms in total. The first-order valence-corrected chi connectivity index (χ1v) is 5.22. The van der Waals surface area contributed by atoms with E-state index in [2.05, 4.69) is 0 Å². The number of aliphatic hydroxyl groups is 1. The third-order valence-electron chi connectivity index (χ3n) is 2.68. The highest BCUT2D eigenvalue weighted by molar-refractivity contribution is 6.31. The molecule has 0 spiro atoms. The van der Waals surface area contributed by atoms with Gasteiger partial charge in [0.1, 0.15) is 0 Å². The first-order valence-electron chi connectivity index (χ1n) is 4.84. The molecule has 1 atom stereocenters. The second-order valence-corrected chi connectivity index (χ2v) is 4.82. The van der Waals surface area contributed by atoms with Crippen LogP contribution in [0.3, 0.4) is 0 Å². The average molecular weight is 284 g/mol. The van der Waals surface area contributed by atoms with Gasteiger partial charge < -0.3 is 15.9 Å². The first-order chi connectivity index (χ1) is 7.31. The summed E-state index contributed by atoms with van der Waals surface area (Å²) in [6.45, 7) is 3.22. The highest BCUT2D eigenvalue weighted by Crippen LogP contribution is 2.40. The van der Waals surface area contributed by atoms with Gasteiger partial charge in [-0.3, -0.25) is 0 Å². The van der Waals surface area contributed by atoms with Crippen molar-refractivity contribution < 1.29 is 14.6 Å². The molecule has 1 aromatic carbocycles. The number of aliphatic hydroxyl groups excluding tert-OH is 1. The lowest BCUT2D eigenvalue weighted by Crippen LogP contribution is -2.32. The van der Waals surface area contributed by atoms with Gasteiger partial charge in [-0.1, -0.05) is 25.4 Å². The fourth-order valence-electron chi connectivity index (χ4n) is 1.34. The van der Waals surface area contributed by atoms with Crippen molar-refractivity contribution >= 4 is 24.0 Å². The van der Waals surface area contributed by atoms with E-state index in [0.717, 1.165) is 6.07 Å². The van der Waals surface area contributed by atoms with Gasteiger partial charge in [0.15, 0.2) is 11.6 Å². The number of rotatable bonds is 3. The Bertz CT molecular complexity index is 399. The summed E-state index contributed by atoms with van der Waals surface area (Å²) < 4.78 is 13.2. The van der Waals surface area contributed by atoms with Crippen LogP contribution in [-0.4, -0.2) is 16.8 Å². The molecule has 17 heavy (non-hydrogen) atoms. The molecule has 0 saturated heterocycles. The first kappa shape index (κ1) is 16.4. The highest BCUT2D eigenvalue weighted by Gasteiger charge is 2.31. The molecule has 0 aliphatic rings. The zero-order valence-corrected chi connectivity index (χ0v) is 11.1. The molecular weight excluding hydrogens is 268 g/mol. The summed E-state index contributed by atoms with van der Waals surface area (Å²) in [6.07, 6.45) is 0. The number of benzene rings is 1. The smallest absolute Gasteiger partial charge is 0.165 e. The van der Waals surface area contributed by atoms with Gasteiger partial charge in [0.25, 0.3) is 0 Å². The number of nitrogens with two attached hydrogens (primary N) is 1. The van der Waals surface area contributed by atoms with Crippen LogP contribution in [0.1, 0.15) is 25.5 Å². The Morgan fingerprint density at radius 1 is 1.47 bits per heavy atom. The maximum Gasteiger partial charge on any atom is 0.165 e. The zero-order chi connectivity index (χ0) is 12.5. The standard InChI is InChI=1S/C11H15ClFNO2.ClH/c1-11(2,5-15)10(14)8-6(12)3-4-7(13)9(8)16;/h3-4,10,15-16H,5,14H2,1-2H3;1H/t10-;/m0./s1. The van der Waals surface area contributed by atoms with Crippen LogP contribution >= 0.6 is 24.0 Å². The van der Waals surface area contributed by atoms with E-state index in [-0.39, 0.29) is 29.6 Å². The fraction of sp³-hybridized carbons (Fsp3) is 0.455. The molecule has 4 N–H and O–H groups in total. The molecule has 0 radical (unpaired) electrons. The van der Waals surface area contributed by atoms with E-state index in [0.29, 0.717) is 0 Å². The van der Waals surface area contributed by atoms with Gasteiger partial charge in [-0.15, -0.1) is 12.4 Å². The molecular formula is C11H16Cl2FNO2. The summed E-state index contributed by atoms with van der Waals surface area (Å²) in [5.74, 6) is -1.33. The van der Waals surface area contributed by atoms with Crippen molar-refractivity contribution in [2.24, 2.45) is 11.1 Å². The van der Waals surface area contributed by atoms with Crippen LogP contribution in [0.25, 0.3) is 0 Å². The van der Waals surface area contributed by atoms with Crippen LogP contribution < -0.4 is 5.73 Å². The second kappa shape index (κ2) is 5.87. The van der Waals surface area contributed by atoms with Gasteiger partial charge in [0, 0.05) is 28.6 Å². The van der Waals surface area contributed by atoms with E-state index in [1.807, 2.05) is 0 Å². The molecule has 0 aromatic heterocycles. The molecule has 0 aliphatic carbocycles. The van der Waals surface area contributed by atoms with E-state index in [1.165, 1.54) is 6.07 Å². The van der Waals surface area contributed by atoms with Crippen molar-refractivity contribution in [3.05, 3.63) is 28.5 Å². The Kier molecular flexibility index (Phi) is 5.68. The Balaban J connectivity index is 0.00000256. The molecule has 0 fully saturated rings. The van der Waals surface area contributed by atoms with Gasteiger partial charge in [0.2, 0.25) is 0 Å². The zero-order valence-electron chi connectivity index (χ0n) is 9.58. The van der Waals surface area contributed by atoms with Crippen LogP contribution in [0.15, 0.2) is 12.1 Å². The minimum Gasteiger partial charge on any atom is -0.505 e. The Hall–Kier alpha value is -0.550. The van der Waals surface area contributed by atoms with Gasteiger partial charge in [0.05, 0.1) is 0 Å². The molecule has 0 heterocycles. The van der Waals surface area contributed by atoms with E-state index in [4.69, 9.17) is 17.3 Å². The SMILES string of the molecule is CC(C)(CO)[C@@H](N)c1c(Cl)ccc(F)c1O.Cl. The minimum atomic E-state index is -0.774. The van der Waals surface area contributed by atoms with E-state index >= 15 is 0 Å². The van der Waals surface area contributed by atoms with Gasteiger partial charge in [-0.05, 0) is 12.1 Å². The Labute approximate surface area is 111 Å². The van der Waals surface area contributed by atoms with E-state index in [1.54, 1.807) is 13.8 Å². The minimum absolute atomic E-state index is 0. The monoisotopic (exact) mass is 283 g/mol. The summed E-state index contributed by atoms with van der Waals surface area (Å²) >= 11 is 5.87. The largest absolute Gasteiger partial charge is 0.505 e. The van der Waals surface area contributed by atoms with Crippen LogP contribution in [0.5, 0.6) is 5.75 Å². The van der Waals surface area contributed by atoms with Crippen LogP contribution in [0.2, 0.25) is 5.02 Å². The number of hydrogen-bond donors (Lipinski definition) is 3. The van der Waals surface area contributed by atoms with E-state index < -0.39 is 23.0 Å². The lowest BCUT2D eigenvalue weighted by atomic mass is 9.81. The summed E-state index contributed by atoms with van der Waals surface area (Å²) in [5, 5.41) is 19.0. The van der Waals surface area contributed by atoms with Crippen molar-refractivity contribution in [2.45, 2.75) is 19.9 Å². The molecule has 0 saturated carbocycles. The van der Waals surface area contributed by atoms with Crippen LogP contribution in [0, 0.1) is 11.2 Å². The number of hydrogen-bond acceptors (Lipinski definition) is 3. The van der Waals surface area contributed by atoms with Crippen LogP contribution in [-0.2, 0) is 0 Å². The Morgan fingerprint density at radius 2 is 2.00 bits per heavy atom. The fourth-order valence-corrected chi connectivity index (χ4v) is 1.61. The molecule has 0 aliphatic heterocycles. The topological polar surface area (TPSA) is 66.5 Å². The lowest BCUT2D eigenvalue weighted by Gasteiger charge is -2.30. The molecule has 1 aromatic rings. The molecule has 0 amide bonds. The number of phenols is 1. The predicted octanol–water partition coefficient (Wildman–Crippen LogP) is 2.62. The third-order valence-corrected chi connectivity index (χ3v) is 3.00. The van der Waals surface area contributed by atoms with Crippen molar-refractivity contribution in [1.29, 1.82) is 0 Å². The quantitative estimate of drug-likeness (QED) is 0.799. The normalized spacial score (nSPS) is 13.1. The maximum absolute atomic E-state index is 13.2. The van der Waals surface area contributed by atoms with Crippen molar-refractivity contribution in [3.63, 3.8) is 0 Å². The van der Waals surface area contributed by atoms with Crippen molar-refractivity contribution in [1.82, 2.24) is 0 Å². The van der Waals surface area contributed by atoms with Crippen molar-refractivity contribution in [2.75, 3.05) is 6.61 Å². The molecule has 0 bridgehead atoms. The Morgan fingerprint density at radius 3 is 2.47 bits per heavy atom. The molecule has 1 rings (SSSR count). The van der Waals surface area contributed by atoms with Gasteiger partial charge >= 0.3 is 0 Å². The average Bonchev–Trinajstić information content (AvgIpc) is 2.24. The number of aromatic hydroxyl groups is 1. The van der Waals surface area contributed by atoms with Gasteiger partial charge in [-0.2, -0.15) is 0 Å². The summed E-state index contributed by atoms with van der Waals surface area (Å²) in [6, 6.07) is 1.65. The predicted molar refractivity (Wildman–Crippen MR) is 68.1 cm³/mol. The van der Waals surface area contributed by atoms with E-state index in [9.17, 15) is 14.6 Å². The third kappa shape index (κ3) is 3.22. The van der Waals surface area contributed by atoms with Crippen LogP contribution in [0.4, 0.5) is 4.39 Å². The number of halogens is 3. The highest BCUT2D eigenvalue weighted by atomic mass is 35.5. The number of phenolic OH excluding ortho intramolecular Hbond substituents is 1. The van der Waals surface area contributed by atoms with Gasteiger partial charge in [-0.25, -0.2) is 4.39 Å². The summed E-state index contributed by atoms with van der Waals surface area (Å²) in [7, 11) is 0. The second-order valence-electron chi connectivity index (χ2n) is 4.42. The molecule has 98 valence electrons. The maximum atomic E-state index is 13.2. The molecule has 0 unspecified atom stereocenters.